The van der Waals surface area contributed by atoms with Crippen molar-refractivity contribution in [1.29, 1.82) is 0 Å². The molecule has 2 aromatic heterocycles. The van der Waals surface area contributed by atoms with Crippen LogP contribution >= 0.6 is 11.5 Å². The molecule has 2 fully saturated rings. The topological polar surface area (TPSA) is 134 Å². The van der Waals surface area contributed by atoms with Crippen LogP contribution in [-0.2, 0) is 20.3 Å². The van der Waals surface area contributed by atoms with Crippen molar-refractivity contribution in [3.8, 4) is 5.88 Å². The summed E-state index contributed by atoms with van der Waals surface area (Å²) >= 11 is 1.10. The van der Waals surface area contributed by atoms with E-state index in [1.807, 2.05) is 7.05 Å². The average molecular weight is 743 g/mol. The lowest BCUT2D eigenvalue weighted by atomic mass is 9.74. The number of piperazine rings is 1. The highest BCUT2D eigenvalue weighted by Crippen LogP contribution is 2.39. The Morgan fingerprint density at radius 1 is 1.04 bits per heavy atom. The molecule has 52 heavy (non-hydrogen) atoms. The van der Waals surface area contributed by atoms with Gasteiger partial charge in [0.25, 0.3) is 5.91 Å². The van der Waals surface area contributed by atoms with Gasteiger partial charge in [0.2, 0.25) is 23.5 Å². The van der Waals surface area contributed by atoms with Gasteiger partial charge in [-0.05, 0) is 67.0 Å². The van der Waals surface area contributed by atoms with E-state index in [1.54, 1.807) is 23.3 Å². The highest BCUT2D eigenvalue weighted by atomic mass is 32.1. The van der Waals surface area contributed by atoms with E-state index < -0.39 is 59.2 Å². The zero-order chi connectivity index (χ0) is 37.6. The number of methoxy groups -OCH3 is 1. The van der Waals surface area contributed by atoms with Gasteiger partial charge in [-0.15, -0.1) is 0 Å². The number of aromatic nitrogens is 2. The number of alkyl halides is 2. The van der Waals surface area contributed by atoms with Crippen molar-refractivity contribution >= 4 is 40.7 Å². The van der Waals surface area contributed by atoms with Crippen LogP contribution in [-0.4, -0.2) is 89.0 Å². The summed E-state index contributed by atoms with van der Waals surface area (Å²) in [6.45, 7) is 6.07. The predicted octanol–water partition coefficient (Wildman–Crippen LogP) is 5.49. The Labute approximate surface area is 305 Å². The van der Waals surface area contributed by atoms with Crippen molar-refractivity contribution in [2.75, 3.05) is 45.7 Å². The number of likely N-dealkylation sites (N-methyl/N-ethyl adjacent to an activating group) is 1. The third kappa shape index (κ3) is 9.16. The van der Waals surface area contributed by atoms with Crippen LogP contribution in [0.5, 0.6) is 5.88 Å². The molecule has 280 valence electrons. The smallest absolute Gasteiger partial charge is 0.331 e. The SMILES string of the molecule is COc1ccc(C(F)(F)C(=O)C[C@H](C(=O)Nc2ccc([C@H](C)[C@@H](NC(=O)c3cnsc3)C(=O)N3CCN(C)CC3)cc2F)C2CCC(C)CC2)cn1. The molecule has 1 aliphatic carbocycles. The second-order valence-corrected chi connectivity index (χ2v) is 14.6. The number of carbonyl (C=O) groups is 4. The lowest BCUT2D eigenvalue weighted by Gasteiger charge is -2.36. The Kier molecular flexibility index (Phi) is 12.7. The van der Waals surface area contributed by atoms with Crippen LogP contribution in [0, 0.1) is 23.6 Å². The maximum Gasteiger partial charge on any atom is 0.331 e. The van der Waals surface area contributed by atoms with Crippen molar-refractivity contribution in [3.05, 3.63) is 70.6 Å². The average Bonchev–Trinajstić information content (AvgIpc) is 3.69. The van der Waals surface area contributed by atoms with E-state index in [9.17, 15) is 19.2 Å². The molecule has 3 heterocycles. The van der Waals surface area contributed by atoms with Crippen molar-refractivity contribution in [1.82, 2.24) is 24.5 Å². The summed E-state index contributed by atoms with van der Waals surface area (Å²) in [4.78, 5) is 61.3. The molecule has 1 aromatic carbocycles. The van der Waals surface area contributed by atoms with Gasteiger partial charge in [0, 0.05) is 67.6 Å². The number of benzene rings is 1. The van der Waals surface area contributed by atoms with E-state index >= 15 is 13.2 Å². The van der Waals surface area contributed by atoms with E-state index in [1.165, 1.54) is 31.5 Å². The molecule has 1 saturated heterocycles. The molecule has 3 aromatic rings. The third-order valence-electron chi connectivity index (χ3n) is 10.4. The van der Waals surface area contributed by atoms with E-state index in [0.29, 0.717) is 56.1 Å². The molecule has 0 unspecified atom stereocenters. The minimum Gasteiger partial charge on any atom is -0.481 e. The molecule has 11 nitrogen and oxygen atoms in total. The number of rotatable bonds is 13. The van der Waals surface area contributed by atoms with Gasteiger partial charge in [0.1, 0.15) is 11.9 Å². The second-order valence-electron chi connectivity index (χ2n) is 13.9. The number of hydrogen-bond donors (Lipinski definition) is 2. The quantitative estimate of drug-likeness (QED) is 0.235. The van der Waals surface area contributed by atoms with Crippen molar-refractivity contribution in [2.24, 2.45) is 17.8 Å². The summed E-state index contributed by atoms with van der Waals surface area (Å²) in [5.41, 5.74) is -0.106. The summed E-state index contributed by atoms with van der Waals surface area (Å²) in [6.07, 6.45) is 4.22. The molecule has 3 atom stereocenters. The fraction of sp³-hybridized carbons (Fsp3) is 0.514. The van der Waals surface area contributed by atoms with E-state index in [0.717, 1.165) is 36.6 Å². The van der Waals surface area contributed by atoms with Crippen LogP contribution in [0.2, 0.25) is 0 Å². The van der Waals surface area contributed by atoms with Gasteiger partial charge < -0.3 is 25.2 Å². The highest BCUT2D eigenvalue weighted by molar-refractivity contribution is 7.03. The molecular formula is C37H45F3N6O5S. The standard InChI is InChI=1S/C37H45F3N6O5S/c1-22-5-7-24(8-6-22)28(18-31(47)37(39,40)27-10-12-32(51-4)41-20-27)35(49)43-30-11-9-25(17-29(30)38)23(2)33(44-34(48)26-19-42-52-21-26)36(50)46-15-13-45(3)14-16-46/h9-12,17,19-24,28,33H,5-8,13-16,18H2,1-4H3,(H,43,49)(H,44,48)/t22?,23-,24?,28-,33+/m0/s1. The van der Waals surface area contributed by atoms with Crippen LogP contribution in [0.3, 0.4) is 0 Å². The van der Waals surface area contributed by atoms with Crippen molar-refractivity contribution < 1.29 is 37.1 Å². The molecule has 0 radical (unpaired) electrons. The number of hydrogen-bond acceptors (Lipinski definition) is 9. The number of halogens is 3. The molecule has 3 amide bonds. The Hall–Kier alpha value is -4.37. The normalized spacial score (nSPS) is 20.0. The van der Waals surface area contributed by atoms with Crippen LogP contribution in [0.15, 0.2) is 48.1 Å². The summed E-state index contributed by atoms with van der Waals surface area (Å²) < 4.78 is 55.5. The zero-order valence-corrected chi connectivity index (χ0v) is 30.6. The zero-order valence-electron chi connectivity index (χ0n) is 29.7. The molecule has 15 heteroatoms. The van der Waals surface area contributed by atoms with Gasteiger partial charge in [-0.1, -0.05) is 32.8 Å². The summed E-state index contributed by atoms with van der Waals surface area (Å²) in [6, 6.07) is 5.36. The second kappa shape index (κ2) is 17.0. The van der Waals surface area contributed by atoms with Crippen LogP contribution < -0.4 is 15.4 Å². The number of ether oxygens (including phenoxy) is 1. The number of Topliss-reactive ketones (excluding diaryl/α,β-unsaturated/α-hetero) is 1. The van der Waals surface area contributed by atoms with Gasteiger partial charge >= 0.3 is 5.92 Å². The van der Waals surface area contributed by atoms with Crippen LogP contribution in [0.25, 0.3) is 0 Å². The Bertz CT molecular complexity index is 1710. The van der Waals surface area contributed by atoms with Gasteiger partial charge in [-0.25, -0.2) is 13.7 Å². The van der Waals surface area contributed by atoms with Crippen molar-refractivity contribution in [2.45, 2.75) is 63.8 Å². The molecule has 2 N–H and O–H groups in total. The van der Waals surface area contributed by atoms with E-state index in [4.69, 9.17) is 4.74 Å². The number of nitrogens with one attached hydrogen (secondary N) is 2. The van der Waals surface area contributed by atoms with Gasteiger partial charge in [0.15, 0.2) is 0 Å². The first kappa shape index (κ1) is 38.9. The monoisotopic (exact) mass is 742 g/mol. The molecule has 0 bridgehead atoms. The molecule has 0 spiro atoms. The first-order valence-electron chi connectivity index (χ1n) is 17.5. The van der Waals surface area contributed by atoms with Gasteiger partial charge in [-0.3, -0.25) is 19.2 Å². The maximum atomic E-state index is 15.8. The number of nitrogens with zero attached hydrogens (tertiary/aromatic N) is 4. The van der Waals surface area contributed by atoms with Gasteiger partial charge in [-0.2, -0.15) is 8.78 Å². The first-order valence-corrected chi connectivity index (χ1v) is 18.3. The molecule has 2 aliphatic rings. The van der Waals surface area contributed by atoms with Crippen molar-refractivity contribution in [3.63, 3.8) is 0 Å². The Morgan fingerprint density at radius 2 is 1.75 bits per heavy atom. The largest absolute Gasteiger partial charge is 0.481 e. The lowest BCUT2D eigenvalue weighted by molar-refractivity contribution is -0.147. The lowest BCUT2D eigenvalue weighted by Crippen LogP contribution is -2.55. The summed E-state index contributed by atoms with van der Waals surface area (Å²) in [5, 5.41) is 6.95. The van der Waals surface area contributed by atoms with E-state index in [-0.39, 0.29) is 23.4 Å². The van der Waals surface area contributed by atoms with Crippen LogP contribution in [0.4, 0.5) is 18.9 Å². The Balaban J connectivity index is 1.34. The maximum absolute atomic E-state index is 15.8. The molecular weight excluding hydrogens is 698 g/mol. The van der Waals surface area contributed by atoms with E-state index in [2.05, 4.69) is 31.8 Å². The molecule has 5 rings (SSSR count). The number of amides is 3. The number of pyridine rings is 1. The first-order chi connectivity index (χ1) is 24.8. The van der Waals surface area contributed by atoms with Crippen LogP contribution in [0.1, 0.15) is 73.4 Å². The Morgan fingerprint density at radius 3 is 2.35 bits per heavy atom. The van der Waals surface area contributed by atoms with Gasteiger partial charge in [0.05, 0.1) is 24.6 Å². The molecule has 1 aliphatic heterocycles. The number of carbonyl (C=O) groups excluding carboxylic acids is 4. The fourth-order valence-electron chi connectivity index (χ4n) is 6.84. The minimum absolute atomic E-state index is 0.112. The minimum atomic E-state index is -3.91. The highest BCUT2D eigenvalue weighted by Gasteiger charge is 2.44. The summed E-state index contributed by atoms with van der Waals surface area (Å²) in [5.74, 6) is -9.30. The fourth-order valence-corrected chi connectivity index (χ4v) is 7.35. The predicted molar refractivity (Wildman–Crippen MR) is 190 cm³/mol. The molecule has 1 saturated carbocycles. The number of ketones is 1. The number of anilines is 1. The summed E-state index contributed by atoms with van der Waals surface area (Å²) in [7, 11) is 3.30. The third-order valence-corrected chi connectivity index (χ3v) is 11.0.